The molecule has 1 unspecified atom stereocenters. The van der Waals surface area contributed by atoms with Gasteiger partial charge in [-0.15, -0.1) is 0 Å². The van der Waals surface area contributed by atoms with Crippen LogP contribution in [0.25, 0.3) is 0 Å². The lowest BCUT2D eigenvalue weighted by molar-refractivity contribution is 0.366. The van der Waals surface area contributed by atoms with Crippen LogP contribution in [0, 0.1) is 5.92 Å². The van der Waals surface area contributed by atoms with Crippen molar-refractivity contribution in [1.82, 2.24) is 10.6 Å². The zero-order valence-corrected chi connectivity index (χ0v) is 9.04. The molecule has 2 N–H and O–H groups in total. The maximum Gasteiger partial charge on any atom is 0.00913 e. The van der Waals surface area contributed by atoms with Crippen LogP contribution < -0.4 is 10.6 Å². The largest absolute Gasteiger partial charge is 0.317 e. The number of hydrogen-bond donors (Lipinski definition) is 2. The predicted octanol–water partition coefficient (Wildman–Crippen LogP) is 1.08. The summed E-state index contributed by atoms with van der Waals surface area (Å²) in [7, 11) is 0. The zero-order chi connectivity index (χ0) is 8.93. The van der Waals surface area contributed by atoms with Crippen LogP contribution in [0.2, 0.25) is 0 Å². The third kappa shape index (κ3) is 3.15. The summed E-state index contributed by atoms with van der Waals surface area (Å²) in [5.74, 6) is 3.73. The minimum atomic E-state index is 0.798. The van der Waals surface area contributed by atoms with Crippen molar-refractivity contribution in [2.24, 2.45) is 5.92 Å². The molecular weight excluding hydrogens is 180 g/mol. The molecule has 0 saturated carbocycles. The van der Waals surface area contributed by atoms with Crippen LogP contribution in [-0.2, 0) is 0 Å². The van der Waals surface area contributed by atoms with Crippen molar-refractivity contribution in [3.05, 3.63) is 0 Å². The van der Waals surface area contributed by atoms with E-state index in [2.05, 4.69) is 22.4 Å². The number of nitrogens with one attached hydrogen (secondary N) is 2. The van der Waals surface area contributed by atoms with E-state index in [1.165, 1.54) is 50.4 Å². The molecule has 0 spiro atoms. The summed E-state index contributed by atoms with van der Waals surface area (Å²) in [6, 6.07) is 0.798. The second kappa shape index (κ2) is 5.23. The Hall–Kier alpha value is 0.270. The summed E-state index contributed by atoms with van der Waals surface area (Å²) in [6.07, 6.45) is 4.07. The van der Waals surface area contributed by atoms with E-state index in [0.29, 0.717) is 0 Å². The molecule has 1 atom stereocenters. The van der Waals surface area contributed by atoms with Gasteiger partial charge in [-0.1, -0.05) is 0 Å². The molecule has 0 aliphatic carbocycles. The third-order valence-corrected chi connectivity index (χ3v) is 4.29. The second-order valence-electron chi connectivity index (χ2n) is 4.16. The fourth-order valence-electron chi connectivity index (χ4n) is 2.10. The van der Waals surface area contributed by atoms with Gasteiger partial charge in [-0.05, 0) is 56.3 Å². The SMILES string of the molecule is C1CC(NCC2CCSC2)CCN1. The molecule has 2 rings (SSSR count). The van der Waals surface area contributed by atoms with E-state index in [9.17, 15) is 0 Å². The van der Waals surface area contributed by atoms with Gasteiger partial charge in [-0.25, -0.2) is 0 Å². The van der Waals surface area contributed by atoms with Gasteiger partial charge in [0.25, 0.3) is 0 Å². The lowest BCUT2D eigenvalue weighted by atomic mass is 10.0. The lowest BCUT2D eigenvalue weighted by Gasteiger charge is -2.25. The summed E-state index contributed by atoms with van der Waals surface area (Å²) >= 11 is 2.12. The first kappa shape index (κ1) is 9.81. The Kier molecular flexibility index (Phi) is 3.94. The molecule has 3 heteroatoms. The van der Waals surface area contributed by atoms with Gasteiger partial charge in [0, 0.05) is 6.04 Å². The Bertz CT molecular complexity index is 140. The van der Waals surface area contributed by atoms with Gasteiger partial charge >= 0.3 is 0 Å². The molecule has 2 aliphatic rings. The maximum absolute atomic E-state index is 3.71. The first-order valence-corrected chi connectivity index (χ1v) is 6.62. The van der Waals surface area contributed by atoms with Crippen LogP contribution in [0.15, 0.2) is 0 Å². The molecule has 2 saturated heterocycles. The molecule has 0 radical (unpaired) electrons. The minimum absolute atomic E-state index is 0.798. The van der Waals surface area contributed by atoms with Gasteiger partial charge in [0.15, 0.2) is 0 Å². The summed E-state index contributed by atoms with van der Waals surface area (Å²) in [4.78, 5) is 0. The van der Waals surface area contributed by atoms with E-state index in [4.69, 9.17) is 0 Å². The van der Waals surface area contributed by atoms with Crippen molar-refractivity contribution in [2.75, 3.05) is 31.1 Å². The quantitative estimate of drug-likeness (QED) is 0.713. The monoisotopic (exact) mass is 200 g/mol. The van der Waals surface area contributed by atoms with Crippen LogP contribution in [0.3, 0.4) is 0 Å². The van der Waals surface area contributed by atoms with Gasteiger partial charge in [-0.3, -0.25) is 0 Å². The smallest absolute Gasteiger partial charge is 0.00913 e. The van der Waals surface area contributed by atoms with Crippen molar-refractivity contribution < 1.29 is 0 Å². The molecule has 0 aromatic rings. The summed E-state index contributed by atoms with van der Waals surface area (Å²) in [5.41, 5.74) is 0. The fraction of sp³-hybridized carbons (Fsp3) is 1.00. The normalized spacial score (nSPS) is 30.9. The Labute approximate surface area is 85.2 Å². The van der Waals surface area contributed by atoms with E-state index in [0.717, 1.165) is 12.0 Å². The second-order valence-corrected chi connectivity index (χ2v) is 5.31. The molecule has 13 heavy (non-hydrogen) atoms. The van der Waals surface area contributed by atoms with Crippen LogP contribution in [0.5, 0.6) is 0 Å². The molecule has 0 amide bonds. The number of piperidine rings is 1. The highest BCUT2D eigenvalue weighted by atomic mass is 32.2. The van der Waals surface area contributed by atoms with E-state index in [1.807, 2.05) is 0 Å². The average Bonchev–Trinajstić information content (AvgIpc) is 2.69. The molecule has 0 aromatic heterocycles. The van der Waals surface area contributed by atoms with E-state index >= 15 is 0 Å². The van der Waals surface area contributed by atoms with Crippen molar-refractivity contribution >= 4 is 11.8 Å². The Morgan fingerprint density at radius 2 is 2.08 bits per heavy atom. The van der Waals surface area contributed by atoms with Crippen molar-refractivity contribution in [3.63, 3.8) is 0 Å². The molecule has 2 fully saturated rings. The zero-order valence-electron chi connectivity index (χ0n) is 8.22. The standard InChI is InChI=1S/C10H20N2S/c1-4-11-5-2-10(1)12-7-9-3-6-13-8-9/h9-12H,1-8H2. The predicted molar refractivity (Wildman–Crippen MR) is 59.3 cm³/mol. The van der Waals surface area contributed by atoms with Gasteiger partial charge in [-0.2, -0.15) is 11.8 Å². The summed E-state index contributed by atoms with van der Waals surface area (Å²) in [5, 5.41) is 7.11. The highest BCUT2D eigenvalue weighted by Gasteiger charge is 2.18. The van der Waals surface area contributed by atoms with Gasteiger partial charge in [0.05, 0.1) is 0 Å². The number of rotatable bonds is 3. The van der Waals surface area contributed by atoms with Crippen molar-refractivity contribution in [2.45, 2.75) is 25.3 Å². The van der Waals surface area contributed by atoms with Crippen LogP contribution in [0.1, 0.15) is 19.3 Å². The topological polar surface area (TPSA) is 24.1 Å². The first-order chi connectivity index (χ1) is 6.45. The summed E-state index contributed by atoms with van der Waals surface area (Å²) in [6.45, 7) is 3.67. The molecule has 0 bridgehead atoms. The summed E-state index contributed by atoms with van der Waals surface area (Å²) < 4.78 is 0. The molecule has 0 aromatic carbocycles. The Morgan fingerprint density at radius 3 is 2.77 bits per heavy atom. The highest BCUT2D eigenvalue weighted by molar-refractivity contribution is 7.99. The Balaban J connectivity index is 1.60. The first-order valence-electron chi connectivity index (χ1n) is 5.47. The average molecular weight is 200 g/mol. The maximum atomic E-state index is 3.71. The third-order valence-electron chi connectivity index (χ3n) is 3.06. The van der Waals surface area contributed by atoms with Crippen LogP contribution in [-0.4, -0.2) is 37.2 Å². The number of thioether (sulfide) groups is 1. The fourth-order valence-corrected chi connectivity index (χ4v) is 3.39. The lowest BCUT2D eigenvalue weighted by Crippen LogP contribution is -2.41. The molecule has 2 nitrogen and oxygen atoms in total. The van der Waals surface area contributed by atoms with Crippen LogP contribution >= 0.6 is 11.8 Å². The van der Waals surface area contributed by atoms with Gasteiger partial charge in [0.2, 0.25) is 0 Å². The van der Waals surface area contributed by atoms with Crippen LogP contribution in [0.4, 0.5) is 0 Å². The Morgan fingerprint density at radius 1 is 1.23 bits per heavy atom. The van der Waals surface area contributed by atoms with Crippen molar-refractivity contribution in [1.29, 1.82) is 0 Å². The van der Waals surface area contributed by atoms with Gasteiger partial charge in [0.1, 0.15) is 0 Å². The number of hydrogen-bond acceptors (Lipinski definition) is 3. The molecule has 76 valence electrons. The van der Waals surface area contributed by atoms with Gasteiger partial charge < -0.3 is 10.6 Å². The molecule has 2 heterocycles. The van der Waals surface area contributed by atoms with E-state index < -0.39 is 0 Å². The van der Waals surface area contributed by atoms with Crippen molar-refractivity contribution in [3.8, 4) is 0 Å². The molecule has 2 aliphatic heterocycles. The van der Waals surface area contributed by atoms with E-state index in [-0.39, 0.29) is 0 Å². The van der Waals surface area contributed by atoms with E-state index in [1.54, 1.807) is 0 Å². The minimum Gasteiger partial charge on any atom is -0.317 e. The highest BCUT2D eigenvalue weighted by Crippen LogP contribution is 2.22. The molecular formula is C10H20N2S.